The zero-order valence-electron chi connectivity index (χ0n) is 13.7. The van der Waals surface area contributed by atoms with Gasteiger partial charge in [-0.1, -0.05) is 17.2 Å². The lowest BCUT2D eigenvalue weighted by atomic mass is 9.72. The maximum Gasteiger partial charge on any atom is 0.338 e. The molecule has 2 atom stereocenters. The van der Waals surface area contributed by atoms with Crippen molar-refractivity contribution < 1.29 is 14.3 Å². The Morgan fingerprint density at radius 3 is 2.22 bits per heavy atom. The zero-order chi connectivity index (χ0) is 16.1. The fourth-order valence-electron chi connectivity index (χ4n) is 4.73. The average Bonchev–Trinajstić information content (AvgIpc) is 2.46. The number of benzene rings is 1. The number of piperidine rings is 4. The van der Waals surface area contributed by atoms with Crippen LogP contribution in [0.5, 0.6) is 0 Å². The lowest BCUT2D eigenvalue weighted by Gasteiger charge is -2.54. The Bertz CT molecular complexity index is 632. The second-order valence-electron chi connectivity index (χ2n) is 7.49. The first-order valence-electron chi connectivity index (χ1n) is 8.57. The number of aryl methyl sites for hydroxylation is 2. The van der Waals surface area contributed by atoms with Gasteiger partial charge in [0.25, 0.3) is 0 Å². The molecule has 1 aromatic carbocycles. The third-order valence-corrected chi connectivity index (χ3v) is 5.65. The van der Waals surface area contributed by atoms with Gasteiger partial charge < -0.3 is 4.74 Å². The number of rotatable bonds is 2. The second kappa shape index (κ2) is 5.45. The molecule has 0 saturated carbocycles. The van der Waals surface area contributed by atoms with Gasteiger partial charge in [-0.25, -0.2) is 4.79 Å². The molecule has 4 fully saturated rings. The predicted molar refractivity (Wildman–Crippen MR) is 86.4 cm³/mol. The Kier molecular flexibility index (Phi) is 3.52. The van der Waals surface area contributed by atoms with E-state index in [9.17, 15) is 9.59 Å². The standard InChI is InChI=1S/C19H23NO3/c1-11-3-12(2)5-14(4-11)19(22)23-17-8-15-6-13-7-16(9-17)20(15)10-18(13)21/h3-5,13,15-17H,6-10H2,1-2H3. The van der Waals surface area contributed by atoms with Crippen LogP contribution in [0, 0.1) is 19.8 Å². The first-order valence-corrected chi connectivity index (χ1v) is 8.57. The van der Waals surface area contributed by atoms with E-state index in [0.717, 1.165) is 36.8 Å². The van der Waals surface area contributed by atoms with Crippen molar-refractivity contribution >= 4 is 11.8 Å². The molecule has 4 aliphatic rings. The number of ether oxygens (including phenoxy) is 1. The zero-order valence-corrected chi connectivity index (χ0v) is 13.7. The molecular formula is C19H23NO3. The van der Waals surface area contributed by atoms with Gasteiger partial charge in [0, 0.05) is 30.8 Å². The maximum absolute atomic E-state index is 12.5. The number of fused-ring (bicyclic) bond motifs is 1. The third kappa shape index (κ3) is 2.69. The van der Waals surface area contributed by atoms with Crippen LogP contribution in [0.2, 0.25) is 0 Å². The largest absolute Gasteiger partial charge is 0.459 e. The molecule has 2 unspecified atom stereocenters. The molecule has 5 rings (SSSR count). The van der Waals surface area contributed by atoms with Gasteiger partial charge in [0.2, 0.25) is 0 Å². The summed E-state index contributed by atoms with van der Waals surface area (Å²) in [6.07, 6.45) is 3.64. The Balaban J connectivity index is 1.45. The fraction of sp³-hybridized carbons (Fsp3) is 0.579. The minimum absolute atomic E-state index is 0.0104. The van der Waals surface area contributed by atoms with Crippen molar-refractivity contribution in [2.75, 3.05) is 6.54 Å². The lowest BCUT2D eigenvalue weighted by Crippen LogP contribution is -2.63. The van der Waals surface area contributed by atoms with E-state index in [1.807, 2.05) is 26.0 Å². The molecule has 4 bridgehead atoms. The van der Waals surface area contributed by atoms with Gasteiger partial charge in [-0.3, -0.25) is 9.69 Å². The molecule has 0 aliphatic carbocycles. The second-order valence-corrected chi connectivity index (χ2v) is 7.49. The normalized spacial score (nSPS) is 35.2. The van der Waals surface area contributed by atoms with E-state index in [0.29, 0.717) is 30.0 Å². The van der Waals surface area contributed by atoms with Crippen molar-refractivity contribution in [3.8, 4) is 0 Å². The van der Waals surface area contributed by atoms with Gasteiger partial charge in [0.05, 0.1) is 12.1 Å². The van der Waals surface area contributed by atoms with Gasteiger partial charge in [0.1, 0.15) is 11.9 Å². The molecule has 0 amide bonds. The van der Waals surface area contributed by atoms with Gasteiger partial charge in [-0.2, -0.15) is 0 Å². The SMILES string of the molecule is Cc1cc(C)cc(C(=O)OC2CC3CC4CC(C2)N3CC4=O)c1. The molecule has 4 heteroatoms. The summed E-state index contributed by atoms with van der Waals surface area (Å²) >= 11 is 0. The summed E-state index contributed by atoms with van der Waals surface area (Å²) < 4.78 is 5.81. The Morgan fingerprint density at radius 2 is 1.65 bits per heavy atom. The van der Waals surface area contributed by atoms with Crippen LogP contribution in [0.3, 0.4) is 0 Å². The quantitative estimate of drug-likeness (QED) is 0.788. The summed E-state index contributed by atoms with van der Waals surface area (Å²) in [5.41, 5.74) is 2.81. The minimum Gasteiger partial charge on any atom is -0.459 e. The number of nitrogens with zero attached hydrogens (tertiary/aromatic N) is 1. The van der Waals surface area contributed by atoms with Crippen molar-refractivity contribution in [3.63, 3.8) is 0 Å². The van der Waals surface area contributed by atoms with Gasteiger partial charge >= 0.3 is 5.97 Å². The monoisotopic (exact) mass is 313 g/mol. The van der Waals surface area contributed by atoms with Crippen LogP contribution < -0.4 is 0 Å². The predicted octanol–water partition coefficient (Wildman–Crippen LogP) is 2.65. The number of esters is 1. The summed E-state index contributed by atoms with van der Waals surface area (Å²) in [6, 6.07) is 6.68. The van der Waals surface area contributed by atoms with Crippen molar-refractivity contribution in [1.29, 1.82) is 0 Å². The van der Waals surface area contributed by atoms with Gasteiger partial charge in [-0.15, -0.1) is 0 Å². The highest BCUT2D eigenvalue weighted by atomic mass is 16.5. The fourth-order valence-corrected chi connectivity index (χ4v) is 4.73. The van der Waals surface area contributed by atoms with E-state index < -0.39 is 0 Å². The Morgan fingerprint density at radius 1 is 1.04 bits per heavy atom. The molecule has 0 aromatic heterocycles. The Labute approximate surface area is 136 Å². The highest BCUT2D eigenvalue weighted by Gasteiger charge is 2.49. The molecule has 0 radical (unpaired) electrons. The molecule has 23 heavy (non-hydrogen) atoms. The molecule has 0 spiro atoms. The lowest BCUT2D eigenvalue weighted by molar-refractivity contribution is -0.145. The minimum atomic E-state index is -0.210. The van der Waals surface area contributed by atoms with E-state index in [1.54, 1.807) is 0 Å². The molecule has 122 valence electrons. The number of hydrogen-bond donors (Lipinski definition) is 0. The number of carbonyl (C=O) groups is 2. The van der Waals surface area contributed by atoms with Gasteiger partial charge in [0.15, 0.2) is 0 Å². The van der Waals surface area contributed by atoms with E-state index >= 15 is 0 Å². The summed E-state index contributed by atoms with van der Waals surface area (Å²) in [6.45, 7) is 4.60. The first-order chi connectivity index (χ1) is 11.0. The van der Waals surface area contributed by atoms with Crippen molar-refractivity contribution in [3.05, 3.63) is 34.9 Å². The summed E-state index contributed by atoms with van der Waals surface area (Å²) in [7, 11) is 0. The van der Waals surface area contributed by atoms with E-state index in [2.05, 4.69) is 11.0 Å². The molecule has 1 aromatic rings. The molecule has 4 nitrogen and oxygen atoms in total. The molecular weight excluding hydrogens is 290 g/mol. The van der Waals surface area contributed by atoms with Crippen LogP contribution >= 0.6 is 0 Å². The average molecular weight is 313 g/mol. The molecule has 0 N–H and O–H groups in total. The van der Waals surface area contributed by atoms with Crippen LogP contribution in [-0.2, 0) is 9.53 Å². The summed E-state index contributed by atoms with van der Waals surface area (Å²) in [5.74, 6) is 0.451. The summed E-state index contributed by atoms with van der Waals surface area (Å²) in [5, 5.41) is 0. The van der Waals surface area contributed by atoms with E-state index in [-0.39, 0.29) is 18.0 Å². The van der Waals surface area contributed by atoms with Crippen LogP contribution in [0.1, 0.15) is 47.2 Å². The smallest absolute Gasteiger partial charge is 0.338 e. The molecule has 4 aliphatic heterocycles. The number of ketones is 1. The number of carbonyl (C=O) groups excluding carboxylic acids is 2. The van der Waals surface area contributed by atoms with E-state index in [4.69, 9.17) is 4.74 Å². The number of hydrogen-bond acceptors (Lipinski definition) is 4. The van der Waals surface area contributed by atoms with Crippen LogP contribution in [0.4, 0.5) is 0 Å². The Hall–Kier alpha value is -1.68. The maximum atomic E-state index is 12.5. The van der Waals surface area contributed by atoms with Gasteiger partial charge in [-0.05, 0) is 38.8 Å². The number of Topliss-reactive ketones (excluding diaryl/α,β-unsaturated/α-hetero) is 1. The highest BCUT2D eigenvalue weighted by molar-refractivity contribution is 5.90. The molecule has 4 heterocycles. The van der Waals surface area contributed by atoms with E-state index in [1.165, 1.54) is 0 Å². The topological polar surface area (TPSA) is 46.6 Å². The molecule has 4 saturated heterocycles. The van der Waals surface area contributed by atoms with Crippen molar-refractivity contribution in [2.24, 2.45) is 5.92 Å². The highest BCUT2D eigenvalue weighted by Crippen LogP contribution is 2.42. The van der Waals surface area contributed by atoms with Crippen LogP contribution in [0.15, 0.2) is 18.2 Å². The van der Waals surface area contributed by atoms with Crippen molar-refractivity contribution in [1.82, 2.24) is 4.90 Å². The first kappa shape index (κ1) is 14.9. The van der Waals surface area contributed by atoms with Crippen LogP contribution in [0.25, 0.3) is 0 Å². The third-order valence-electron chi connectivity index (χ3n) is 5.65. The summed E-state index contributed by atoms with van der Waals surface area (Å²) in [4.78, 5) is 26.7. The van der Waals surface area contributed by atoms with Crippen molar-refractivity contribution in [2.45, 2.75) is 57.7 Å². The van der Waals surface area contributed by atoms with Crippen LogP contribution in [-0.4, -0.2) is 41.4 Å².